The van der Waals surface area contributed by atoms with Crippen LogP contribution in [0.2, 0.25) is 0 Å². The highest BCUT2D eigenvalue weighted by atomic mass is 16.5. The monoisotopic (exact) mass is 391 g/mol. The predicted molar refractivity (Wildman–Crippen MR) is 114 cm³/mol. The molecule has 1 aliphatic heterocycles. The molecule has 6 nitrogen and oxygen atoms in total. The molecular weight excluding hydrogens is 354 g/mol. The van der Waals surface area contributed by atoms with Crippen LogP contribution in [0, 0.1) is 19.8 Å². The van der Waals surface area contributed by atoms with Gasteiger partial charge in [-0.3, -0.25) is 4.99 Å². The van der Waals surface area contributed by atoms with Gasteiger partial charge >= 0.3 is 0 Å². The summed E-state index contributed by atoms with van der Waals surface area (Å²) in [6, 6.07) is 6.29. The van der Waals surface area contributed by atoms with E-state index in [-0.39, 0.29) is 0 Å². The number of nitrogens with zero attached hydrogens (tertiary/aromatic N) is 2. The van der Waals surface area contributed by atoms with Gasteiger partial charge in [-0.2, -0.15) is 0 Å². The molecule has 1 aromatic rings. The average Bonchev–Trinajstić information content (AvgIpc) is 2.67. The number of ether oxygens (including phenoxy) is 3. The van der Waals surface area contributed by atoms with Crippen LogP contribution in [0.1, 0.15) is 30.4 Å². The smallest absolute Gasteiger partial charge is 0.193 e. The number of nitrogens with one attached hydrogen (secondary N) is 1. The molecule has 158 valence electrons. The largest absolute Gasteiger partial charge is 0.492 e. The Hall–Kier alpha value is -1.79. The fourth-order valence-corrected chi connectivity index (χ4v) is 3.34. The van der Waals surface area contributed by atoms with Crippen LogP contribution >= 0.6 is 0 Å². The summed E-state index contributed by atoms with van der Waals surface area (Å²) in [5.41, 5.74) is 2.44. The summed E-state index contributed by atoms with van der Waals surface area (Å²) in [7, 11) is 3.84. The van der Waals surface area contributed by atoms with E-state index in [1.807, 2.05) is 14.1 Å². The summed E-state index contributed by atoms with van der Waals surface area (Å²) in [5, 5.41) is 3.39. The second kappa shape index (κ2) is 12.6. The topological polar surface area (TPSA) is 55.3 Å². The maximum absolute atomic E-state index is 5.89. The number of aliphatic imine (C=N–C) groups is 1. The maximum Gasteiger partial charge on any atom is 0.193 e. The van der Waals surface area contributed by atoms with Gasteiger partial charge in [0.1, 0.15) is 12.4 Å². The second-order valence-corrected chi connectivity index (χ2v) is 7.55. The third kappa shape index (κ3) is 8.48. The Bertz CT molecular complexity index is 580. The molecule has 1 N–H and O–H groups in total. The van der Waals surface area contributed by atoms with E-state index in [9.17, 15) is 0 Å². The minimum Gasteiger partial charge on any atom is -0.492 e. The first-order chi connectivity index (χ1) is 13.6. The number of benzene rings is 1. The number of hydrogen-bond donors (Lipinski definition) is 1. The van der Waals surface area contributed by atoms with Crippen molar-refractivity contribution in [3.63, 3.8) is 0 Å². The van der Waals surface area contributed by atoms with Gasteiger partial charge in [-0.15, -0.1) is 0 Å². The summed E-state index contributed by atoms with van der Waals surface area (Å²) < 4.78 is 17.1. The predicted octanol–water partition coefficient (Wildman–Crippen LogP) is 3.02. The Morgan fingerprint density at radius 3 is 2.57 bits per heavy atom. The van der Waals surface area contributed by atoms with Crippen LogP contribution < -0.4 is 10.1 Å². The van der Waals surface area contributed by atoms with Crippen LogP contribution in [-0.2, 0) is 9.47 Å². The van der Waals surface area contributed by atoms with Crippen molar-refractivity contribution >= 4 is 5.96 Å². The maximum atomic E-state index is 5.89. The number of guanidine groups is 1. The molecular formula is C22H37N3O3. The summed E-state index contributed by atoms with van der Waals surface area (Å²) in [6.45, 7) is 9.81. The lowest BCUT2D eigenvalue weighted by molar-refractivity contribution is 0.0203. The van der Waals surface area contributed by atoms with Gasteiger partial charge in [-0.1, -0.05) is 6.07 Å². The molecule has 0 unspecified atom stereocenters. The van der Waals surface area contributed by atoms with Crippen molar-refractivity contribution in [3.05, 3.63) is 29.3 Å². The first-order valence-electron chi connectivity index (χ1n) is 10.4. The van der Waals surface area contributed by atoms with Gasteiger partial charge in [-0.05, 0) is 62.3 Å². The minimum absolute atomic E-state index is 0.619. The number of aryl methyl sites for hydroxylation is 2. The first-order valence-corrected chi connectivity index (χ1v) is 10.4. The van der Waals surface area contributed by atoms with Crippen LogP contribution in [0.25, 0.3) is 0 Å². The molecule has 0 aliphatic carbocycles. The SMILES string of the molecule is CN=C(NCCCOCC1CCOCC1)N(C)CCOc1cc(C)cc(C)c1. The molecule has 0 atom stereocenters. The van der Waals surface area contributed by atoms with E-state index < -0.39 is 0 Å². The van der Waals surface area contributed by atoms with Crippen LogP contribution in [0.15, 0.2) is 23.2 Å². The molecule has 0 radical (unpaired) electrons. The van der Waals surface area contributed by atoms with Gasteiger partial charge in [-0.25, -0.2) is 0 Å². The molecule has 1 aliphatic rings. The van der Waals surface area contributed by atoms with E-state index in [4.69, 9.17) is 14.2 Å². The van der Waals surface area contributed by atoms with Crippen molar-refractivity contribution in [2.75, 3.05) is 60.2 Å². The molecule has 1 heterocycles. The molecule has 0 amide bonds. The highest BCUT2D eigenvalue weighted by Crippen LogP contribution is 2.16. The molecule has 0 spiro atoms. The molecule has 0 bridgehead atoms. The quantitative estimate of drug-likeness (QED) is 0.377. The Kier molecular flexibility index (Phi) is 10.1. The lowest BCUT2D eigenvalue weighted by Crippen LogP contribution is -2.41. The van der Waals surface area contributed by atoms with Gasteiger partial charge in [0.15, 0.2) is 5.96 Å². The van der Waals surface area contributed by atoms with Gasteiger partial charge in [0.2, 0.25) is 0 Å². The van der Waals surface area contributed by atoms with Crippen molar-refractivity contribution in [2.45, 2.75) is 33.1 Å². The number of rotatable bonds is 10. The van der Waals surface area contributed by atoms with Crippen molar-refractivity contribution in [2.24, 2.45) is 10.9 Å². The van der Waals surface area contributed by atoms with E-state index in [0.717, 1.165) is 70.5 Å². The van der Waals surface area contributed by atoms with Crippen molar-refractivity contribution in [3.8, 4) is 5.75 Å². The summed E-state index contributed by atoms with van der Waals surface area (Å²) >= 11 is 0. The lowest BCUT2D eigenvalue weighted by Gasteiger charge is -2.23. The summed E-state index contributed by atoms with van der Waals surface area (Å²) in [5.74, 6) is 2.47. The Morgan fingerprint density at radius 1 is 1.18 bits per heavy atom. The normalized spacial score (nSPS) is 15.5. The van der Waals surface area contributed by atoms with Crippen LogP contribution in [0.5, 0.6) is 5.75 Å². The molecule has 2 rings (SSSR count). The standard InChI is InChI=1S/C22H37N3O3/c1-18-14-19(2)16-21(15-18)28-13-9-25(4)22(23-3)24-8-5-10-27-17-20-6-11-26-12-7-20/h14-16,20H,5-13,17H2,1-4H3,(H,23,24). The third-order valence-electron chi connectivity index (χ3n) is 4.91. The summed E-state index contributed by atoms with van der Waals surface area (Å²) in [6.07, 6.45) is 3.22. The molecule has 1 saturated heterocycles. The second-order valence-electron chi connectivity index (χ2n) is 7.55. The zero-order chi connectivity index (χ0) is 20.2. The van der Waals surface area contributed by atoms with E-state index in [1.54, 1.807) is 0 Å². The first kappa shape index (κ1) is 22.5. The Labute approximate surface area is 170 Å². The van der Waals surface area contributed by atoms with E-state index in [2.05, 4.69) is 47.3 Å². The molecule has 28 heavy (non-hydrogen) atoms. The van der Waals surface area contributed by atoms with E-state index in [0.29, 0.717) is 12.5 Å². The Balaban J connectivity index is 1.57. The lowest BCUT2D eigenvalue weighted by atomic mass is 10.0. The molecule has 0 aromatic heterocycles. The molecule has 6 heteroatoms. The average molecular weight is 392 g/mol. The Morgan fingerprint density at radius 2 is 1.89 bits per heavy atom. The highest BCUT2D eigenvalue weighted by molar-refractivity contribution is 5.79. The number of likely N-dealkylation sites (N-methyl/N-ethyl adjacent to an activating group) is 1. The van der Waals surface area contributed by atoms with Crippen LogP contribution in [-0.4, -0.2) is 71.1 Å². The fourth-order valence-electron chi connectivity index (χ4n) is 3.34. The van der Waals surface area contributed by atoms with Crippen LogP contribution in [0.4, 0.5) is 0 Å². The summed E-state index contributed by atoms with van der Waals surface area (Å²) in [4.78, 5) is 6.44. The fraction of sp³-hybridized carbons (Fsp3) is 0.682. The van der Waals surface area contributed by atoms with Crippen molar-refractivity contribution in [1.82, 2.24) is 10.2 Å². The third-order valence-corrected chi connectivity index (χ3v) is 4.91. The molecule has 1 fully saturated rings. The zero-order valence-electron chi connectivity index (χ0n) is 18.0. The van der Waals surface area contributed by atoms with E-state index in [1.165, 1.54) is 11.1 Å². The molecule has 0 saturated carbocycles. The zero-order valence-corrected chi connectivity index (χ0v) is 18.0. The number of hydrogen-bond acceptors (Lipinski definition) is 4. The van der Waals surface area contributed by atoms with Gasteiger partial charge in [0.05, 0.1) is 6.54 Å². The van der Waals surface area contributed by atoms with Crippen LogP contribution in [0.3, 0.4) is 0 Å². The van der Waals surface area contributed by atoms with Gasteiger partial charge < -0.3 is 24.4 Å². The van der Waals surface area contributed by atoms with E-state index >= 15 is 0 Å². The van der Waals surface area contributed by atoms with Crippen molar-refractivity contribution < 1.29 is 14.2 Å². The van der Waals surface area contributed by atoms with Gasteiger partial charge in [0.25, 0.3) is 0 Å². The highest BCUT2D eigenvalue weighted by Gasteiger charge is 2.13. The minimum atomic E-state index is 0.619. The van der Waals surface area contributed by atoms with Gasteiger partial charge in [0, 0.05) is 47.1 Å². The molecule has 1 aromatic carbocycles. The van der Waals surface area contributed by atoms with Crippen molar-refractivity contribution in [1.29, 1.82) is 0 Å².